The van der Waals surface area contributed by atoms with Crippen LogP contribution in [-0.4, -0.2) is 87.5 Å². The van der Waals surface area contributed by atoms with Crippen molar-refractivity contribution in [3.05, 3.63) is 35.4 Å². The number of morpholine rings is 2. The van der Waals surface area contributed by atoms with Gasteiger partial charge in [-0.2, -0.15) is 0 Å². The first kappa shape index (κ1) is 25.3. The van der Waals surface area contributed by atoms with Crippen LogP contribution in [0.15, 0.2) is 29.3 Å². The summed E-state index contributed by atoms with van der Waals surface area (Å²) in [5.74, 6) is 0.880. The zero-order chi connectivity index (χ0) is 20.3. The maximum atomic E-state index is 5.45. The average molecular weight is 531 g/mol. The van der Waals surface area contributed by atoms with E-state index in [1.807, 2.05) is 0 Å². The number of benzene rings is 1. The molecule has 1 unspecified atom stereocenters. The van der Waals surface area contributed by atoms with E-state index in [-0.39, 0.29) is 24.0 Å². The third kappa shape index (κ3) is 8.66. The van der Waals surface area contributed by atoms with E-state index in [0.717, 1.165) is 78.2 Å². The maximum Gasteiger partial charge on any atom is 0.191 e. The normalized spacial score (nSPS) is 19.7. The molecule has 170 valence electrons. The molecule has 2 aliphatic heterocycles. The molecule has 8 heteroatoms. The molecule has 0 aromatic heterocycles. The lowest BCUT2D eigenvalue weighted by Gasteiger charge is -2.32. The van der Waals surface area contributed by atoms with Gasteiger partial charge in [0.2, 0.25) is 0 Å². The Bertz CT molecular complexity index is 616. The summed E-state index contributed by atoms with van der Waals surface area (Å²) in [6.07, 6.45) is 0. The molecule has 7 nitrogen and oxygen atoms in total. The lowest BCUT2D eigenvalue weighted by atomic mass is 10.1. The summed E-state index contributed by atoms with van der Waals surface area (Å²) in [7, 11) is 0. The second-order valence-corrected chi connectivity index (χ2v) is 7.78. The van der Waals surface area contributed by atoms with Crippen LogP contribution < -0.4 is 10.6 Å². The Morgan fingerprint density at radius 2 is 1.57 bits per heavy atom. The van der Waals surface area contributed by atoms with Crippen molar-refractivity contribution in [3.63, 3.8) is 0 Å². The van der Waals surface area contributed by atoms with Gasteiger partial charge >= 0.3 is 0 Å². The molecular weight excluding hydrogens is 493 g/mol. The van der Waals surface area contributed by atoms with Crippen molar-refractivity contribution in [1.29, 1.82) is 0 Å². The summed E-state index contributed by atoms with van der Waals surface area (Å²) < 4.78 is 10.9. The van der Waals surface area contributed by atoms with Gasteiger partial charge in [-0.15, -0.1) is 24.0 Å². The largest absolute Gasteiger partial charge is 0.379 e. The molecule has 2 heterocycles. The Hall–Kier alpha value is -0.940. The summed E-state index contributed by atoms with van der Waals surface area (Å²) >= 11 is 0. The van der Waals surface area contributed by atoms with Crippen LogP contribution in [-0.2, 0) is 22.6 Å². The first-order valence-corrected chi connectivity index (χ1v) is 11.0. The lowest BCUT2D eigenvalue weighted by molar-refractivity contribution is 0.0211. The third-order valence-electron chi connectivity index (χ3n) is 5.53. The summed E-state index contributed by atoms with van der Waals surface area (Å²) in [5.41, 5.74) is 2.58. The van der Waals surface area contributed by atoms with Crippen molar-refractivity contribution in [2.45, 2.75) is 33.0 Å². The molecule has 1 aromatic carbocycles. The van der Waals surface area contributed by atoms with Crippen LogP contribution in [0.1, 0.15) is 25.0 Å². The van der Waals surface area contributed by atoms with Gasteiger partial charge in [-0.3, -0.25) is 9.80 Å². The van der Waals surface area contributed by atoms with Crippen molar-refractivity contribution < 1.29 is 9.47 Å². The summed E-state index contributed by atoms with van der Waals surface area (Å²) in [4.78, 5) is 9.68. The number of nitrogens with zero attached hydrogens (tertiary/aromatic N) is 3. The Morgan fingerprint density at radius 1 is 0.967 bits per heavy atom. The standard InChI is InChI=1S/C22H37N5O2.HI/c1-3-23-22(24-16-19(2)27-10-14-29-15-11-27)25-17-20-4-6-21(7-5-20)18-26-8-12-28-13-9-26;/h4-7,19H,3,8-18H2,1-2H3,(H2,23,24,25);1H. The first-order valence-electron chi connectivity index (χ1n) is 11.0. The highest BCUT2D eigenvalue weighted by Gasteiger charge is 2.17. The number of hydrogen-bond donors (Lipinski definition) is 2. The van der Waals surface area contributed by atoms with Crippen LogP contribution in [0.3, 0.4) is 0 Å². The minimum Gasteiger partial charge on any atom is -0.379 e. The predicted octanol–water partition coefficient (Wildman–Crippen LogP) is 1.91. The van der Waals surface area contributed by atoms with E-state index in [4.69, 9.17) is 14.5 Å². The third-order valence-corrected chi connectivity index (χ3v) is 5.53. The van der Waals surface area contributed by atoms with E-state index in [0.29, 0.717) is 12.6 Å². The van der Waals surface area contributed by atoms with Crippen molar-refractivity contribution in [3.8, 4) is 0 Å². The van der Waals surface area contributed by atoms with Gasteiger partial charge in [0.25, 0.3) is 0 Å². The fraction of sp³-hybridized carbons (Fsp3) is 0.682. The quantitative estimate of drug-likeness (QED) is 0.304. The SMILES string of the molecule is CCNC(=NCc1ccc(CN2CCOCC2)cc1)NCC(C)N1CCOCC1.I. The Balaban J connectivity index is 0.00000320. The summed E-state index contributed by atoms with van der Waals surface area (Å²) in [6.45, 7) is 15.2. The molecule has 2 saturated heterocycles. The van der Waals surface area contributed by atoms with Crippen LogP contribution in [0.5, 0.6) is 0 Å². The van der Waals surface area contributed by atoms with Gasteiger partial charge in [0, 0.05) is 51.9 Å². The fourth-order valence-electron chi connectivity index (χ4n) is 3.67. The van der Waals surface area contributed by atoms with Gasteiger partial charge in [0.15, 0.2) is 5.96 Å². The zero-order valence-electron chi connectivity index (χ0n) is 18.4. The van der Waals surface area contributed by atoms with E-state index in [2.05, 4.69) is 58.5 Å². The van der Waals surface area contributed by atoms with Crippen molar-refractivity contribution >= 4 is 29.9 Å². The number of hydrogen-bond acceptors (Lipinski definition) is 5. The Kier molecular flexibility index (Phi) is 12.0. The maximum absolute atomic E-state index is 5.45. The fourth-order valence-corrected chi connectivity index (χ4v) is 3.67. The second-order valence-electron chi connectivity index (χ2n) is 7.78. The van der Waals surface area contributed by atoms with Gasteiger partial charge in [-0.05, 0) is 25.0 Å². The molecule has 3 rings (SSSR count). The summed E-state index contributed by atoms with van der Waals surface area (Å²) in [5, 5.41) is 6.85. The number of guanidine groups is 1. The molecule has 0 spiro atoms. The van der Waals surface area contributed by atoms with Crippen LogP contribution in [0.25, 0.3) is 0 Å². The number of ether oxygens (including phenoxy) is 2. The van der Waals surface area contributed by atoms with Crippen LogP contribution in [0, 0.1) is 0 Å². The number of aliphatic imine (C=N–C) groups is 1. The predicted molar refractivity (Wildman–Crippen MR) is 133 cm³/mol. The molecule has 30 heavy (non-hydrogen) atoms. The lowest BCUT2D eigenvalue weighted by Crippen LogP contribution is -2.49. The molecule has 0 amide bonds. The molecule has 0 saturated carbocycles. The molecule has 2 N–H and O–H groups in total. The Labute approximate surface area is 198 Å². The van der Waals surface area contributed by atoms with Gasteiger partial charge in [-0.25, -0.2) is 4.99 Å². The van der Waals surface area contributed by atoms with Crippen LogP contribution in [0.2, 0.25) is 0 Å². The average Bonchev–Trinajstić information content (AvgIpc) is 2.78. The topological polar surface area (TPSA) is 61.4 Å². The molecule has 2 fully saturated rings. The minimum absolute atomic E-state index is 0. The van der Waals surface area contributed by atoms with Crippen molar-refractivity contribution in [1.82, 2.24) is 20.4 Å². The van der Waals surface area contributed by atoms with E-state index in [1.165, 1.54) is 11.1 Å². The second kappa shape index (κ2) is 14.2. The van der Waals surface area contributed by atoms with Crippen molar-refractivity contribution in [2.75, 3.05) is 65.7 Å². The molecule has 0 bridgehead atoms. The molecule has 0 aliphatic carbocycles. The van der Waals surface area contributed by atoms with Crippen LogP contribution in [0.4, 0.5) is 0 Å². The number of nitrogens with one attached hydrogen (secondary N) is 2. The van der Waals surface area contributed by atoms with E-state index in [1.54, 1.807) is 0 Å². The smallest absolute Gasteiger partial charge is 0.191 e. The zero-order valence-corrected chi connectivity index (χ0v) is 20.8. The monoisotopic (exact) mass is 531 g/mol. The van der Waals surface area contributed by atoms with Crippen molar-refractivity contribution in [2.24, 2.45) is 4.99 Å². The summed E-state index contributed by atoms with van der Waals surface area (Å²) in [6, 6.07) is 9.29. The molecule has 1 aromatic rings. The minimum atomic E-state index is 0. The highest BCUT2D eigenvalue weighted by atomic mass is 127. The van der Waals surface area contributed by atoms with E-state index < -0.39 is 0 Å². The molecule has 0 radical (unpaired) electrons. The highest BCUT2D eigenvalue weighted by Crippen LogP contribution is 2.10. The van der Waals surface area contributed by atoms with Gasteiger partial charge in [-0.1, -0.05) is 24.3 Å². The molecule has 1 atom stereocenters. The van der Waals surface area contributed by atoms with Crippen LogP contribution >= 0.6 is 24.0 Å². The highest BCUT2D eigenvalue weighted by molar-refractivity contribution is 14.0. The van der Waals surface area contributed by atoms with Gasteiger partial charge in [0.05, 0.1) is 33.0 Å². The Morgan fingerprint density at radius 3 is 2.20 bits per heavy atom. The molecule has 2 aliphatic rings. The van der Waals surface area contributed by atoms with Gasteiger partial charge in [0.1, 0.15) is 0 Å². The van der Waals surface area contributed by atoms with E-state index in [9.17, 15) is 0 Å². The number of rotatable bonds is 8. The molecular formula is C22H38IN5O2. The van der Waals surface area contributed by atoms with E-state index >= 15 is 0 Å². The number of halogens is 1. The van der Waals surface area contributed by atoms with Gasteiger partial charge < -0.3 is 20.1 Å². The first-order chi connectivity index (χ1) is 14.2.